The minimum Gasteiger partial charge on any atom is -0.310 e. The minimum atomic E-state index is 0.346. The van der Waals surface area contributed by atoms with Gasteiger partial charge in [-0.3, -0.25) is 0 Å². The van der Waals surface area contributed by atoms with E-state index < -0.39 is 0 Å². The molecule has 0 saturated heterocycles. The molecule has 0 aliphatic carbocycles. The Labute approximate surface area is 142 Å². The highest BCUT2D eigenvalue weighted by molar-refractivity contribution is 9.12. The van der Waals surface area contributed by atoms with Crippen molar-refractivity contribution in [2.45, 2.75) is 33.2 Å². The molecular weight excluding hydrogens is 398 g/mol. The van der Waals surface area contributed by atoms with Crippen LogP contribution in [0.3, 0.4) is 0 Å². The summed E-state index contributed by atoms with van der Waals surface area (Å²) in [6.45, 7) is 7.46. The van der Waals surface area contributed by atoms with Crippen LogP contribution in [0.15, 0.2) is 31.8 Å². The highest BCUT2D eigenvalue weighted by atomic mass is 79.9. The largest absolute Gasteiger partial charge is 0.310 e. The molecule has 1 N–H and O–H groups in total. The van der Waals surface area contributed by atoms with Crippen LogP contribution in [-0.2, 0) is 6.42 Å². The van der Waals surface area contributed by atoms with Crippen molar-refractivity contribution in [1.82, 2.24) is 5.32 Å². The first kappa shape index (κ1) is 16.2. The maximum Gasteiger partial charge on any atom is 0.0758 e. The Balaban J connectivity index is 2.25. The van der Waals surface area contributed by atoms with Crippen LogP contribution in [0.25, 0.3) is 0 Å². The average molecular weight is 417 g/mol. The lowest BCUT2D eigenvalue weighted by Crippen LogP contribution is -2.22. The summed E-state index contributed by atoms with van der Waals surface area (Å²) < 4.78 is 2.38. The van der Waals surface area contributed by atoms with Gasteiger partial charge in [-0.25, -0.2) is 0 Å². The van der Waals surface area contributed by atoms with Crippen molar-refractivity contribution in [2.24, 2.45) is 0 Å². The molecule has 0 spiro atoms. The first-order chi connectivity index (χ1) is 9.51. The molecule has 1 unspecified atom stereocenters. The van der Waals surface area contributed by atoms with Gasteiger partial charge in [-0.05, 0) is 87.0 Å². The topological polar surface area (TPSA) is 12.0 Å². The molecule has 108 valence electrons. The molecule has 2 rings (SSSR count). The third kappa shape index (κ3) is 3.94. The molecule has 0 aliphatic rings. The van der Waals surface area contributed by atoms with Crippen LogP contribution in [-0.4, -0.2) is 6.54 Å². The number of likely N-dealkylation sites (N-methyl/N-ethyl adjacent to an activating group) is 1. The molecule has 0 aliphatic heterocycles. The zero-order valence-electron chi connectivity index (χ0n) is 12.0. The summed E-state index contributed by atoms with van der Waals surface area (Å²) in [5, 5.41) is 3.59. The van der Waals surface area contributed by atoms with Crippen molar-refractivity contribution in [3.05, 3.63) is 54.1 Å². The van der Waals surface area contributed by atoms with Gasteiger partial charge < -0.3 is 5.32 Å². The molecule has 0 amide bonds. The Morgan fingerprint density at radius 1 is 1.15 bits per heavy atom. The number of rotatable bonds is 5. The zero-order valence-corrected chi connectivity index (χ0v) is 16.0. The highest BCUT2D eigenvalue weighted by Gasteiger charge is 2.17. The lowest BCUT2D eigenvalue weighted by molar-refractivity contribution is 0.549. The van der Waals surface area contributed by atoms with Crippen LogP contribution in [0.5, 0.6) is 0 Å². The van der Waals surface area contributed by atoms with Crippen molar-refractivity contribution >= 4 is 43.2 Å². The van der Waals surface area contributed by atoms with E-state index in [4.69, 9.17) is 0 Å². The van der Waals surface area contributed by atoms with E-state index in [1.165, 1.54) is 29.8 Å². The first-order valence-electron chi connectivity index (χ1n) is 6.75. The molecule has 1 aromatic carbocycles. The quantitative estimate of drug-likeness (QED) is 0.650. The Morgan fingerprint density at radius 2 is 1.90 bits per heavy atom. The smallest absolute Gasteiger partial charge is 0.0758 e. The second-order valence-electron chi connectivity index (χ2n) is 5.01. The summed E-state index contributed by atoms with van der Waals surface area (Å²) in [4.78, 5) is 0. The van der Waals surface area contributed by atoms with Crippen LogP contribution in [0.4, 0.5) is 0 Å². The molecule has 4 heteroatoms. The summed E-state index contributed by atoms with van der Waals surface area (Å²) in [6.07, 6.45) is 1.01. The second-order valence-corrected chi connectivity index (χ2v) is 8.76. The third-order valence-electron chi connectivity index (χ3n) is 3.52. The van der Waals surface area contributed by atoms with Gasteiger partial charge in [-0.2, -0.15) is 0 Å². The molecule has 1 atom stereocenters. The van der Waals surface area contributed by atoms with Gasteiger partial charge in [-0.1, -0.05) is 25.1 Å². The average Bonchev–Trinajstić information content (AvgIpc) is 2.72. The van der Waals surface area contributed by atoms with Gasteiger partial charge in [0.1, 0.15) is 0 Å². The van der Waals surface area contributed by atoms with E-state index in [9.17, 15) is 0 Å². The second kappa shape index (κ2) is 7.21. The molecule has 1 heterocycles. The molecule has 0 bridgehead atoms. The van der Waals surface area contributed by atoms with Crippen LogP contribution in [0.2, 0.25) is 0 Å². The van der Waals surface area contributed by atoms with E-state index in [1.807, 2.05) is 0 Å². The van der Waals surface area contributed by atoms with Gasteiger partial charge in [0.05, 0.1) is 7.57 Å². The predicted octanol–water partition coefficient (Wildman–Crippen LogP) is 5.78. The number of halogens is 2. The number of nitrogens with one attached hydrogen (secondary N) is 1. The van der Waals surface area contributed by atoms with Crippen LogP contribution < -0.4 is 5.32 Å². The lowest BCUT2D eigenvalue weighted by atomic mass is 9.98. The number of thiophene rings is 1. The molecular formula is C16H19Br2NS. The van der Waals surface area contributed by atoms with Crippen molar-refractivity contribution in [3.63, 3.8) is 0 Å². The summed E-state index contributed by atoms with van der Waals surface area (Å²) in [5.74, 6) is 0. The van der Waals surface area contributed by atoms with Gasteiger partial charge in [0.15, 0.2) is 0 Å². The highest BCUT2D eigenvalue weighted by Crippen LogP contribution is 2.36. The molecule has 2 aromatic rings. The van der Waals surface area contributed by atoms with Crippen molar-refractivity contribution in [3.8, 4) is 0 Å². The third-order valence-corrected chi connectivity index (χ3v) is 5.91. The fraction of sp³-hybridized carbons (Fsp3) is 0.375. The maximum absolute atomic E-state index is 3.68. The molecule has 20 heavy (non-hydrogen) atoms. The lowest BCUT2D eigenvalue weighted by Gasteiger charge is -2.18. The fourth-order valence-corrected chi connectivity index (χ4v) is 5.27. The SMILES string of the molecule is CCNC(Cc1ccc(C)c(C)c1)c1cc(Br)sc1Br. The van der Waals surface area contributed by atoms with Gasteiger partial charge in [0.2, 0.25) is 0 Å². The number of hydrogen-bond acceptors (Lipinski definition) is 2. The number of aryl methyl sites for hydroxylation is 2. The van der Waals surface area contributed by atoms with E-state index >= 15 is 0 Å². The van der Waals surface area contributed by atoms with Gasteiger partial charge in [0.25, 0.3) is 0 Å². The Hall–Kier alpha value is -0.160. The maximum atomic E-state index is 3.68. The molecule has 1 aromatic heterocycles. The van der Waals surface area contributed by atoms with Gasteiger partial charge in [-0.15, -0.1) is 11.3 Å². The minimum absolute atomic E-state index is 0.346. The van der Waals surface area contributed by atoms with Gasteiger partial charge in [0, 0.05) is 6.04 Å². The Morgan fingerprint density at radius 3 is 2.45 bits per heavy atom. The Bertz CT molecular complexity index is 592. The standard InChI is InChI=1S/C16H19Br2NS/c1-4-19-14(13-9-15(17)20-16(13)18)8-12-6-5-10(2)11(3)7-12/h5-7,9,14,19H,4,8H2,1-3H3. The fourth-order valence-electron chi connectivity index (χ4n) is 2.30. The van der Waals surface area contributed by atoms with E-state index in [-0.39, 0.29) is 0 Å². The normalized spacial score (nSPS) is 12.7. The summed E-state index contributed by atoms with van der Waals surface area (Å²) >= 11 is 8.98. The summed E-state index contributed by atoms with van der Waals surface area (Å²) in [5.41, 5.74) is 5.44. The van der Waals surface area contributed by atoms with Crippen molar-refractivity contribution in [1.29, 1.82) is 0 Å². The Kier molecular flexibility index (Phi) is 5.84. The zero-order chi connectivity index (χ0) is 14.7. The van der Waals surface area contributed by atoms with Crippen molar-refractivity contribution in [2.75, 3.05) is 6.54 Å². The van der Waals surface area contributed by atoms with E-state index in [2.05, 4.69) is 82.2 Å². The first-order valence-corrected chi connectivity index (χ1v) is 9.15. The van der Waals surface area contributed by atoms with E-state index in [0.717, 1.165) is 13.0 Å². The molecule has 0 fully saturated rings. The van der Waals surface area contributed by atoms with Crippen LogP contribution in [0, 0.1) is 13.8 Å². The number of benzene rings is 1. The monoisotopic (exact) mass is 415 g/mol. The van der Waals surface area contributed by atoms with E-state index in [0.29, 0.717) is 6.04 Å². The predicted molar refractivity (Wildman–Crippen MR) is 95.8 cm³/mol. The molecule has 0 saturated carbocycles. The van der Waals surface area contributed by atoms with Gasteiger partial charge >= 0.3 is 0 Å². The summed E-state index contributed by atoms with van der Waals surface area (Å²) in [7, 11) is 0. The molecule has 1 nitrogen and oxygen atoms in total. The van der Waals surface area contributed by atoms with Crippen molar-refractivity contribution < 1.29 is 0 Å². The molecule has 0 radical (unpaired) electrons. The van der Waals surface area contributed by atoms with E-state index in [1.54, 1.807) is 11.3 Å². The van der Waals surface area contributed by atoms with Crippen LogP contribution >= 0.6 is 43.2 Å². The number of hydrogen-bond donors (Lipinski definition) is 1. The summed E-state index contributed by atoms with van der Waals surface area (Å²) in [6, 6.07) is 9.31. The van der Waals surface area contributed by atoms with Crippen LogP contribution in [0.1, 0.15) is 35.2 Å².